The van der Waals surface area contributed by atoms with E-state index in [4.69, 9.17) is 19.7 Å². The van der Waals surface area contributed by atoms with Gasteiger partial charge in [-0.2, -0.15) is 4.98 Å². The van der Waals surface area contributed by atoms with Crippen molar-refractivity contribution in [3.05, 3.63) is 24.3 Å². The van der Waals surface area contributed by atoms with E-state index in [1.165, 1.54) is 0 Å². The van der Waals surface area contributed by atoms with Crippen LogP contribution in [0.25, 0.3) is 11.5 Å². The number of rotatable bonds is 5. The van der Waals surface area contributed by atoms with Gasteiger partial charge < -0.3 is 19.7 Å². The summed E-state index contributed by atoms with van der Waals surface area (Å²) in [6.45, 7) is 2.06. The van der Waals surface area contributed by atoms with Crippen LogP contribution in [0.1, 0.15) is 12.7 Å². The number of pyridine rings is 1. The average Bonchev–Trinajstić information content (AvgIpc) is 2.89. The quantitative estimate of drug-likeness (QED) is 0.859. The van der Waals surface area contributed by atoms with Gasteiger partial charge in [-0.3, -0.25) is 4.98 Å². The van der Waals surface area contributed by atoms with Gasteiger partial charge in [-0.15, -0.1) is 0 Å². The van der Waals surface area contributed by atoms with E-state index in [1.807, 2.05) is 0 Å². The highest BCUT2D eigenvalue weighted by Gasteiger charge is 2.28. The van der Waals surface area contributed by atoms with Crippen LogP contribution in [0.5, 0.6) is 5.75 Å². The highest BCUT2D eigenvalue weighted by Crippen LogP contribution is 2.28. The smallest absolute Gasteiger partial charge is 0.261 e. The standard InChI is InChI=1S/C12H16N4O3/c1-12(13,7-17-2)11-15-10(19-16-11)8-4-5-14-6-9(8)18-3/h4-6H,7,13H2,1-3H3. The Labute approximate surface area is 110 Å². The first-order valence-electron chi connectivity index (χ1n) is 5.69. The molecule has 2 heterocycles. The van der Waals surface area contributed by atoms with Gasteiger partial charge >= 0.3 is 0 Å². The van der Waals surface area contributed by atoms with E-state index in [1.54, 1.807) is 39.6 Å². The van der Waals surface area contributed by atoms with Crippen molar-refractivity contribution < 1.29 is 14.0 Å². The lowest BCUT2D eigenvalue weighted by Crippen LogP contribution is -2.38. The highest BCUT2D eigenvalue weighted by atomic mass is 16.5. The number of nitrogens with zero attached hydrogens (tertiary/aromatic N) is 3. The summed E-state index contributed by atoms with van der Waals surface area (Å²) < 4.78 is 15.5. The van der Waals surface area contributed by atoms with Crippen molar-refractivity contribution >= 4 is 0 Å². The predicted molar refractivity (Wildman–Crippen MR) is 67.5 cm³/mol. The van der Waals surface area contributed by atoms with Crippen LogP contribution in [0, 0.1) is 0 Å². The van der Waals surface area contributed by atoms with E-state index in [0.29, 0.717) is 29.6 Å². The second-order valence-corrected chi connectivity index (χ2v) is 4.35. The minimum absolute atomic E-state index is 0.291. The summed E-state index contributed by atoms with van der Waals surface area (Å²) >= 11 is 0. The first-order chi connectivity index (χ1) is 9.08. The molecule has 2 aromatic heterocycles. The van der Waals surface area contributed by atoms with E-state index in [9.17, 15) is 0 Å². The van der Waals surface area contributed by atoms with E-state index < -0.39 is 5.54 Å². The molecule has 0 radical (unpaired) electrons. The number of hydrogen-bond acceptors (Lipinski definition) is 7. The van der Waals surface area contributed by atoms with Gasteiger partial charge in [-0.25, -0.2) is 0 Å². The molecule has 7 nitrogen and oxygen atoms in total. The van der Waals surface area contributed by atoms with Crippen molar-refractivity contribution in [1.82, 2.24) is 15.1 Å². The van der Waals surface area contributed by atoms with Crippen LogP contribution in [-0.2, 0) is 10.3 Å². The molecule has 2 N–H and O–H groups in total. The number of aromatic nitrogens is 3. The van der Waals surface area contributed by atoms with Crippen LogP contribution >= 0.6 is 0 Å². The number of nitrogens with two attached hydrogens (primary N) is 1. The molecular weight excluding hydrogens is 248 g/mol. The first kappa shape index (κ1) is 13.4. The number of hydrogen-bond donors (Lipinski definition) is 1. The van der Waals surface area contributed by atoms with Crippen LogP contribution in [0.2, 0.25) is 0 Å². The zero-order chi connectivity index (χ0) is 13.9. The summed E-state index contributed by atoms with van der Waals surface area (Å²) in [5, 5.41) is 3.89. The molecule has 0 amide bonds. The molecular formula is C12H16N4O3. The van der Waals surface area contributed by atoms with Gasteiger partial charge in [0.1, 0.15) is 11.3 Å². The molecule has 2 aromatic rings. The van der Waals surface area contributed by atoms with Crippen LogP contribution in [0.15, 0.2) is 23.0 Å². The molecule has 0 aliphatic heterocycles. The van der Waals surface area contributed by atoms with Crippen molar-refractivity contribution in [2.45, 2.75) is 12.5 Å². The summed E-state index contributed by atoms with van der Waals surface area (Å²) in [5.41, 5.74) is 5.92. The SMILES string of the molecule is COCC(C)(N)c1noc(-c2ccncc2OC)n1. The zero-order valence-electron chi connectivity index (χ0n) is 11.1. The van der Waals surface area contributed by atoms with Gasteiger partial charge in [0.15, 0.2) is 5.82 Å². The van der Waals surface area contributed by atoms with Crippen LogP contribution < -0.4 is 10.5 Å². The van der Waals surface area contributed by atoms with Gasteiger partial charge in [0.05, 0.1) is 25.5 Å². The maximum atomic E-state index is 6.06. The topological polar surface area (TPSA) is 96.3 Å². The third-order valence-electron chi connectivity index (χ3n) is 2.62. The second-order valence-electron chi connectivity index (χ2n) is 4.35. The second kappa shape index (κ2) is 5.33. The predicted octanol–water partition coefficient (Wildman–Crippen LogP) is 0.960. The summed E-state index contributed by atoms with van der Waals surface area (Å²) in [4.78, 5) is 8.26. The van der Waals surface area contributed by atoms with E-state index >= 15 is 0 Å². The third-order valence-corrected chi connectivity index (χ3v) is 2.62. The van der Waals surface area contributed by atoms with Crippen molar-refractivity contribution in [1.29, 1.82) is 0 Å². The minimum Gasteiger partial charge on any atom is -0.494 e. The number of ether oxygens (including phenoxy) is 2. The molecule has 7 heteroatoms. The Balaban J connectivity index is 2.36. The Morgan fingerprint density at radius 1 is 1.42 bits per heavy atom. The molecule has 19 heavy (non-hydrogen) atoms. The molecule has 0 aliphatic rings. The molecule has 0 aliphatic carbocycles. The Morgan fingerprint density at radius 3 is 2.89 bits per heavy atom. The van der Waals surface area contributed by atoms with Crippen molar-refractivity contribution in [3.63, 3.8) is 0 Å². The Kier molecular flexibility index (Phi) is 3.77. The van der Waals surface area contributed by atoms with Crippen LogP contribution in [0.4, 0.5) is 0 Å². The largest absolute Gasteiger partial charge is 0.494 e. The number of methoxy groups -OCH3 is 2. The molecule has 2 rings (SSSR count). The fraction of sp³-hybridized carbons (Fsp3) is 0.417. The Morgan fingerprint density at radius 2 is 2.21 bits per heavy atom. The molecule has 0 fully saturated rings. The maximum absolute atomic E-state index is 6.06. The van der Waals surface area contributed by atoms with Gasteiger partial charge in [0.2, 0.25) is 0 Å². The maximum Gasteiger partial charge on any atom is 0.261 e. The average molecular weight is 264 g/mol. The summed E-state index contributed by atoms with van der Waals surface area (Å²) in [5.74, 6) is 1.27. The normalized spacial score (nSPS) is 14.1. The van der Waals surface area contributed by atoms with E-state index in [-0.39, 0.29) is 0 Å². The lowest BCUT2D eigenvalue weighted by atomic mass is 10.1. The Hall–Kier alpha value is -1.99. The van der Waals surface area contributed by atoms with Crippen LogP contribution in [0.3, 0.4) is 0 Å². The van der Waals surface area contributed by atoms with Gasteiger partial charge in [0, 0.05) is 13.3 Å². The van der Waals surface area contributed by atoms with Crippen LogP contribution in [-0.4, -0.2) is 36.0 Å². The molecule has 0 aromatic carbocycles. The summed E-state index contributed by atoms with van der Waals surface area (Å²) in [7, 11) is 3.12. The first-order valence-corrected chi connectivity index (χ1v) is 5.69. The fourth-order valence-electron chi connectivity index (χ4n) is 1.65. The Bertz CT molecular complexity index is 553. The summed E-state index contributed by atoms with van der Waals surface area (Å²) in [6, 6.07) is 1.74. The third kappa shape index (κ3) is 2.72. The minimum atomic E-state index is -0.809. The van der Waals surface area contributed by atoms with Crippen molar-refractivity contribution in [3.8, 4) is 17.2 Å². The zero-order valence-corrected chi connectivity index (χ0v) is 11.1. The lowest BCUT2D eigenvalue weighted by molar-refractivity contribution is 0.135. The molecule has 1 unspecified atom stereocenters. The van der Waals surface area contributed by atoms with Crippen molar-refractivity contribution in [2.75, 3.05) is 20.8 Å². The molecule has 102 valence electrons. The monoisotopic (exact) mass is 264 g/mol. The lowest BCUT2D eigenvalue weighted by Gasteiger charge is -2.18. The fourth-order valence-corrected chi connectivity index (χ4v) is 1.65. The van der Waals surface area contributed by atoms with Gasteiger partial charge in [0.25, 0.3) is 5.89 Å². The van der Waals surface area contributed by atoms with Gasteiger partial charge in [-0.1, -0.05) is 5.16 Å². The molecule has 0 bridgehead atoms. The molecule has 0 spiro atoms. The molecule has 1 atom stereocenters. The highest BCUT2D eigenvalue weighted by molar-refractivity contribution is 5.61. The van der Waals surface area contributed by atoms with Crippen molar-refractivity contribution in [2.24, 2.45) is 5.73 Å². The van der Waals surface area contributed by atoms with E-state index in [2.05, 4.69) is 15.1 Å². The molecule has 0 saturated heterocycles. The summed E-state index contributed by atoms with van der Waals surface area (Å²) in [6.07, 6.45) is 3.20. The molecule has 0 saturated carbocycles. The van der Waals surface area contributed by atoms with E-state index in [0.717, 1.165) is 0 Å². The van der Waals surface area contributed by atoms with Gasteiger partial charge in [-0.05, 0) is 13.0 Å².